The lowest BCUT2D eigenvalue weighted by atomic mass is 10.5. The Kier molecular flexibility index (Phi) is 5.84. The molecule has 9 heteroatoms. The molecule has 1 heterocycles. The summed E-state index contributed by atoms with van der Waals surface area (Å²) < 4.78 is 33.1. The molecule has 0 radical (unpaired) electrons. The first kappa shape index (κ1) is 13.8. The minimum atomic E-state index is -2.50. The molecular weight excluding hydrogens is 258 g/mol. The van der Waals surface area contributed by atoms with Gasteiger partial charge in [0.1, 0.15) is 12.4 Å². The van der Waals surface area contributed by atoms with Gasteiger partial charge in [-0.1, -0.05) is 11.8 Å². The van der Waals surface area contributed by atoms with Gasteiger partial charge in [0.05, 0.1) is 6.61 Å². The Labute approximate surface area is 99.3 Å². The zero-order chi connectivity index (χ0) is 12.7. The fourth-order valence-electron chi connectivity index (χ4n) is 0.853. The first-order chi connectivity index (χ1) is 8.08. The maximum absolute atomic E-state index is 11.7. The highest BCUT2D eigenvalue weighted by Crippen LogP contribution is 2.15. The lowest BCUT2D eigenvalue weighted by Gasteiger charge is -1.99. The summed E-state index contributed by atoms with van der Waals surface area (Å²) in [5.74, 6) is -0.939. The number of nitrogens with zero attached hydrogens (tertiary/aromatic N) is 2. The maximum Gasteiger partial charge on any atom is 0.314 e. The summed E-state index contributed by atoms with van der Waals surface area (Å²) in [5.41, 5.74) is 0. The van der Waals surface area contributed by atoms with Crippen LogP contribution in [-0.4, -0.2) is 46.7 Å². The molecule has 0 bridgehead atoms. The molecule has 0 saturated heterocycles. The Hall–Kier alpha value is -1.22. The molecule has 0 aliphatic rings. The van der Waals surface area contributed by atoms with Crippen LogP contribution in [0.15, 0.2) is 9.64 Å². The smallest absolute Gasteiger partial charge is 0.314 e. The van der Waals surface area contributed by atoms with E-state index in [0.717, 1.165) is 11.8 Å². The van der Waals surface area contributed by atoms with Crippen LogP contribution in [0.3, 0.4) is 0 Å². The van der Waals surface area contributed by atoms with Crippen LogP contribution in [0.2, 0.25) is 0 Å². The molecular formula is C8H10F2N2O4S. The van der Waals surface area contributed by atoms with E-state index in [2.05, 4.69) is 14.9 Å². The first-order valence-electron chi connectivity index (χ1n) is 4.61. The highest BCUT2D eigenvalue weighted by atomic mass is 32.2. The van der Waals surface area contributed by atoms with Gasteiger partial charge in [-0.25, -0.2) is 8.78 Å². The second-order valence-electron chi connectivity index (χ2n) is 2.86. The summed E-state index contributed by atoms with van der Waals surface area (Å²) in [6, 6.07) is 0. The summed E-state index contributed by atoms with van der Waals surface area (Å²) >= 11 is 0.893. The largest absolute Gasteiger partial charge is 0.481 e. The Morgan fingerprint density at radius 3 is 2.94 bits per heavy atom. The molecule has 0 aliphatic carbocycles. The Morgan fingerprint density at radius 1 is 1.53 bits per heavy atom. The average molecular weight is 268 g/mol. The molecule has 0 unspecified atom stereocenters. The summed E-state index contributed by atoms with van der Waals surface area (Å²) in [5, 5.41) is 15.7. The van der Waals surface area contributed by atoms with Crippen LogP contribution >= 0.6 is 11.8 Å². The van der Waals surface area contributed by atoms with Gasteiger partial charge in [-0.2, -0.15) is 0 Å². The highest BCUT2D eigenvalue weighted by Gasteiger charge is 2.09. The number of carboxylic acids is 1. The Balaban J connectivity index is 2.23. The molecule has 0 aliphatic heterocycles. The molecule has 17 heavy (non-hydrogen) atoms. The number of aliphatic carboxylic acids is 1. The molecule has 1 aromatic rings. The van der Waals surface area contributed by atoms with Crippen molar-refractivity contribution in [2.45, 2.75) is 18.1 Å². The molecule has 1 N–H and O–H groups in total. The van der Waals surface area contributed by atoms with Crippen molar-refractivity contribution in [1.82, 2.24) is 10.2 Å². The number of carbonyl (C=O) groups is 1. The molecule has 0 amide bonds. The van der Waals surface area contributed by atoms with Crippen molar-refractivity contribution < 1.29 is 27.8 Å². The molecule has 0 atom stereocenters. The fourth-order valence-corrected chi connectivity index (χ4v) is 1.35. The SMILES string of the molecule is O=C(O)CSc1nnc(CCOCC(F)F)o1. The molecule has 1 rings (SSSR count). The zero-order valence-electron chi connectivity index (χ0n) is 8.64. The van der Waals surface area contributed by atoms with E-state index < -0.39 is 19.0 Å². The number of thioether (sulfide) groups is 1. The van der Waals surface area contributed by atoms with Crippen molar-refractivity contribution in [3.05, 3.63) is 5.89 Å². The number of halogens is 2. The van der Waals surface area contributed by atoms with Crippen molar-refractivity contribution in [3.63, 3.8) is 0 Å². The first-order valence-corrected chi connectivity index (χ1v) is 5.59. The standard InChI is InChI=1S/C8H10F2N2O4S/c9-5(10)3-15-2-1-6-11-12-8(16-6)17-4-7(13)14/h5H,1-4H2,(H,13,14). The minimum Gasteiger partial charge on any atom is -0.481 e. The molecule has 6 nitrogen and oxygen atoms in total. The monoisotopic (exact) mass is 268 g/mol. The number of carboxylic acid groups (broad SMARTS) is 1. The Morgan fingerprint density at radius 2 is 2.29 bits per heavy atom. The van der Waals surface area contributed by atoms with Crippen molar-refractivity contribution in [2.24, 2.45) is 0 Å². The molecule has 0 spiro atoms. The van der Waals surface area contributed by atoms with Crippen LogP contribution in [0.1, 0.15) is 5.89 Å². The van der Waals surface area contributed by atoms with Crippen LogP contribution < -0.4 is 0 Å². The van der Waals surface area contributed by atoms with Crippen molar-refractivity contribution in [3.8, 4) is 0 Å². The van der Waals surface area contributed by atoms with E-state index >= 15 is 0 Å². The summed E-state index contributed by atoms with van der Waals surface area (Å²) in [6.07, 6.45) is -2.28. The second-order valence-corrected chi connectivity index (χ2v) is 3.79. The van der Waals surface area contributed by atoms with E-state index in [4.69, 9.17) is 9.52 Å². The predicted molar refractivity (Wildman–Crippen MR) is 53.2 cm³/mol. The molecule has 96 valence electrons. The summed E-state index contributed by atoms with van der Waals surface area (Å²) in [6.45, 7) is -0.579. The van der Waals surface area contributed by atoms with Gasteiger partial charge < -0.3 is 14.3 Å². The topological polar surface area (TPSA) is 85.5 Å². The lowest BCUT2D eigenvalue weighted by molar-refractivity contribution is -0.133. The third-order valence-electron chi connectivity index (χ3n) is 1.47. The third kappa shape index (κ3) is 6.17. The van der Waals surface area contributed by atoms with Crippen molar-refractivity contribution in [2.75, 3.05) is 19.0 Å². The number of aromatic nitrogens is 2. The quantitative estimate of drug-likeness (QED) is 0.557. The fraction of sp³-hybridized carbons (Fsp3) is 0.625. The second kappa shape index (κ2) is 7.17. The van der Waals surface area contributed by atoms with Gasteiger partial charge >= 0.3 is 5.97 Å². The van der Waals surface area contributed by atoms with E-state index in [1.807, 2.05) is 0 Å². The van der Waals surface area contributed by atoms with E-state index in [1.54, 1.807) is 0 Å². The average Bonchev–Trinajstić information content (AvgIpc) is 2.69. The van der Waals surface area contributed by atoms with E-state index in [-0.39, 0.29) is 29.9 Å². The van der Waals surface area contributed by atoms with Crippen LogP contribution in [0.25, 0.3) is 0 Å². The minimum absolute atomic E-state index is 0.0512. The summed E-state index contributed by atoms with van der Waals surface area (Å²) in [4.78, 5) is 10.3. The van der Waals surface area contributed by atoms with Gasteiger partial charge in [0, 0.05) is 6.42 Å². The third-order valence-corrected chi connectivity index (χ3v) is 2.27. The van der Waals surface area contributed by atoms with Gasteiger partial charge in [0.15, 0.2) is 0 Å². The molecule has 0 fully saturated rings. The number of rotatable bonds is 8. The van der Waals surface area contributed by atoms with Crippen molar-refractivity contribution >= 4 is 17.7 Å². The normalized spacial score (nSPS) is 11.0. The van der Waals surface area contributed by atoms with Gasteiger partial charge in [0.25, 0.3) is 11.6 Å². The van der Waals surface area contributed by atoms with Crippen LogP contribution in [0.4, 0.5) is 8.78 Å². The van der Waals surface area contributed by atoms with E-state index in [0.29, 0.717) is 0 Å². The van der Waals surface area contributed by atoms with Gasteiger partial charge in [-0.3, -0.25) is 4.79 Å². The lowest BCUT2D eigenvalue weighted by Crippen LogP contribution is -2.07. The summed E-state index contributed by atoms with van der Waals surface area (Å²) in [7, 11) is 0. The molecule has 0 saturated carbocycles. The van der Waals surface area contributed by atoms with Gasteiger partial charge in [-0.15, -0.1) is 10.2 Å². The van der Waals surface area contributed by atoms with Gasteiger partial charge in [0.2, 0.25) is 5.89 Å². The molecule has 0 aromatic carbocycles. The number of ether oxygens (including phenoxy) is 1. The van der Waals surface area contributed by atoms with Gasteiger partial charge in [-0.05, 0) is 0 Å². The van der Waals surface area contributed by atoms with Crippen molar-refractivity contribution in [1.29, 1.82) is 0 Å². The predicted octanol–water partition coefficient (Wildman–Crippen LogP) is 1.07. The molecule has 1 aromatic heterocycles. The van der Waals surface area contributed by atoms with Crippen LogP contribution in [-0.2, 0) is 16.0 Å². The number of hydrogen-bond donors (Lipinski definition) is 1. The van der Waals surface area contributed by atoms with E-state index in [9.17, 15) is 13.6 Å². The number of hydrogen-bond acceptors (Lipinski definition) is 6. The Bertz CT molecular complexity index is 361. The highest BCUT2D eigenvalue weighted by molar-refractivity contribution is 7.99. The zero-order valence-corrected chi connectivity index (χ0v) is 9.45. The number of alkyl halides is 2. The maximum atomic E-state index is 11.7. The van der Waals surface area contributed by atoms with E-state index in [1.165, 1.54) is 0 Å². The van der Waals surface area contributed by atoms with Crippen LogP contribution in [0, 0.1) is 0 Å². The van der Waals surface area contributed by atoms with Crippen LogP contribution in [0.5, 0.6) is 0 Å².